The van der Waals surface area contributed by atoms with Gasteiger partial charge in [-0.2, -0.15) is 0 Å². The van der Waals surface area contributed by atoms with Gasteiger partial charge in [0.1, 0.15) is 11.9 Å². The van der Waals surface area contributed by atoms with Gasteiger partial charge in [-0.25, -0.2) is 4.39 Å². The van der Waals surface area contributed by atoms with Crippen LogP contribution >= 0.6 is 15.9 Å². The average molecular weight is 343 g/mol. The molecule has 3 N–H and O–H groups in total. The van der Waals surface area contributed by atoms with Crippen molar-refractivity contribution in [2.75, 3.05) is 0 Å². The van der Waals surface area contributed by atoms with E-state index in [0.29, 0.717) is 16.1 Å². The Morgan fingerprint density at radius 1 is 1.30 bits per heavy atom. The minimum Gasteiger partial charge on any atom is -0.368 e. The lowest BCUT2D eigenvalue weighted by atomic mass is 10.0. The zero-order chi connectivity index (χ0) is 14.5. The third kappa shape index (κ3) is 4.03. The fraction of sp³-hybridized carbons (Fsp3) is 0.533. The molecule has 5 heteroatoms. The molecular formula is C15H20BrFN2O. The Kier molecular flexibility index (Phi) is 5.54. The van der Waals surface area contributed by atoms with E-state index in [1.165, 1.54) is 31.7 Å². The van der Waals surface area contributed by atoms with Gasteiger partial charge in [-0.05, 0) is 46.5 Å². The van der Waals surface area contributed by atoms with Gasteiger partial charge in [0.05, 0.1) is 4.47 Å². The van der Waals surface area contributed by atoms with Crippen molar-refractivity contribution in [1.29, 1.82) is 0 Å². The summed E-state index contributed by atoms with van der Waals surface area (Å²) in [4.78, 5) is 11.7. The second-order valence-corrected chi connectivity index (χ2v) is 6.22. The summed E-state index contributed by atoms with van der Waals surface area (Å²) >= 11 is 3.15. The van der Waals surface area contributed by atoms with Crippen LogP contribution in [0.4, 0.5) is 4.39 Å². The number of rotatable bonds is 4. The van der Waals surface area contributed by atoms with E-state index in [2.05, 4.69) is 21.2 Å². The first-order valence-electron chi connectivity index (χ1n) is 7.08. The van der Waals surface area contributed by atoms with E-state index in [1.54, 1.807) is 12.1 Å². The van der Waals surface area contributed by atoms with E-state index in [1.807, 2.05) is 0 Å². The maximum Gasteiger partial charge on any atom is 0.239 e. The summed E-state index contributed by atoms with van der Waals surface area (Å²) in [6, 6.07) is 4.33. The van der Waals surface area contributed by atoms with Crippen LogP contribution in [0, 0.1) is 5.82 Å². The molecule has 0 spiro atoms. The Hall–Kier alpha value is -0.940. The first-order chi connectivity index (χ1) is 9.58. The van der Waals surface area contributed by atoms with Gasteiger partial charge in [0.15, 0.2) is 0 Å². The zero-order valence-electron chi connectivity index (χ0n) is 11.4. The summed E-state index contributed by atoms with van der Waals surface area (Å²) in [5, 5.41) is 3.34. The largest absolute Gasteiger partial charge is 0.368 e. The summed E-state index contributed by atoms with van der Waals surface area (Å²) in [7, 11) is 0. The molecule has 0 heterocycles. The van der Waals surface area contributed by atoms with E-state index in [4.69, 9.17) is 5.73 Å². The summed E-state index contributed by atoms with van der Waals surface area (Å²) in [6.07, 6.45) is 6.98. The number of primary amides is 1. The number of nitrogens with one attached hydrogen (secondary N) is 1. The number of hydrogen-bond donors (Lipinski definition) is 2. The van der Waals surface area contributed by atoms with Crippen LogP contribution in [-0.4, -0.2) is 11.9 Å². The highest BCUT2D eigenvalue weighted by molar-refractivity contribution is 9.10. The molecule has 0 aromatic heterocycles. The first kappa shape index (κ1) is 15.4. The zero-order valence-corrected chi connectivity index (χ0v) is 13.0. The lowest BCUT2D eigenvalue weighted by Crippen LogP contribution is -2.39. The molecule has 1 atom stereocenters. The van der Waals surface area contributed by atoms with Crippen LogP contribution < -0.4 is 11.1 Å². The minimum absolute atomic E-state index is 0.304. The highest BCUT2D eigenvalue weighted by Gasteiger charge is 2.23. The van der Waals surface area contributed by atoms with Crippen LogP contribution in [0.2, 0.25) is 0 Å². The van der Waals surface area contributed by atoms with Crippen LogP contribution in [0.3, 0.4) is 0 Å². The Morgan fingerprint density at radius 3 is 2.50 bits per heavy atom. The standard InChI is InChI=1S/C15H20BrFN2O/c16-12-9-10(7-8-13(12)17)14(15(18)20)19-11-5-3-1-2-4-6-11/h7-9,11,14,19H,1-6H2,(H2,18,20). The molecule has 1 amide bonds. The molecule has 1 fully saturated rings. The smallest absolute Gasteiger partial charge is 0.239 e. The van der Waals surface area contributed by atoms with Gasteiger partial charge in [-0.1, -0.05) is 31.7 Å². The van der Waals surface area contributed by atoms with Gasteiger partial charge < -0.3 is 5.73 Å². The van der Waals surface area contributed by atoms with Crippen LogP contribution in [0.5, 0.6) is 0 Å². The van der Waals surface area contributed by atoms with Crippen molar-refractivity contribution in [3.05, 3.63) is 34.1 Å². The number of nitrogens with two attached hydrogens (primary N) is 1. The quantitative estimate of drug-likeness (QED) is 0.823. The molecular weight excluding hydrogens is 323 g/mol. The Balaban J connectivity index is 2.13. The highest BCUT2D eigenvalue weighted by Crippen LogP contribution is 2.24. The van der Waals surface area contributed by atoms with Gasteiger partial charge >= 0.3 is 0 Å². The van der Waals surface area contributed by atoms with E-state index < -0.39 is 11.9 Å². The van der Waals surface area contributed by atoms with E-state index in [-0.39, 0.29) is 5.82 Å². The fourth-order valence-corrected chi connectivity index (χ4v) is 3.11. The normalized spacial score (nSPS) is 18.5. The molecule has 0 radical (unpaired) electrons. The van der Waals surface area contributed by atoms with Crippen molar-refractivity contribution in [3.8, 4) is 0 Å². The molecule has 1 unspecified atom stereocenters. The van der Waals surface area contributed by atoms with E-state index in [9.17, 15) is 9.18 Å². The van der Waals surface area contributed by atoms with Crippen molar-refractivity contribution in [3.63, 3.8) is 0 Å². The van der Waals surface area contributed by atoms with Gasteiger partial charge in [0, 0.05) is 6.04 Å². The van der Waals surface area contributed by atoms with E-state index >= 15 is 0 Å². The molecule has 0 aliphatic heterocycles. The Morgan fingerprint density at radius 2 is 1.95 bits per heavy atom. The van der Waals surface area contributed by atoms with Crippen LogP contribution in [0.25, 0.3) is 0 Å². The molecule has 1 aromatic carbocycles. The average Bonchev–Trinajstić information content (AvgIpc) is 2.67. The van der Waals surface area contributed by atoms with Crippen LogP contribution in [-0.2, 0) is 4.79 Å². The molecule has 110 valence electrons. The van der Waals surface area contributed by atoms with Crippen LogP contribution in [0.15, 0.2) is 22.7 Å². The van der Waals surface area contributed by atoms with Gasteiger partial charge in [0.2, 0.25) is 5.91 Å². The molecule has 20 heavy (non-hydrogen) atoms. The maximum absolute atomic E-state index is 13.3. The third-order valence-corrected chi connectivity index (χ3v) is 4.43. The molecule has 0 saturated heterocycles. The number of hydrogen-bond acceptors (Lipinski definition) is 2. The molecule has 0 bridgehead atoms. The number of amides is 1. The molecule has 1 aromatic rings. The van der Waals surface area contributed by atoms with Crippen LogP contribution in [0.1, 0.15) is 50.1 Å². The Bertz CT molecular complexity index is 473. The number of benzene rings is 1. The van der Waals surface area contributed by atoms with Crippen molar-refractivity contribution in [1.82, 2.24) is 5.32 Å². The molecule has 1 aliphatic carbocycles. The van der Waals surface area contributed by atoms with Crippen molar-refractivity contribution in [2.24, 2.45) is 5.73 Å². The predicted octanol–water partition coefficient (Wildman–Crippen LogP) is 3.43. The molecule has 1 aliphatic rings. The van der Waals surface area contributed by atoms with Crippen molar-refractivity contribution >= 4 is 21.8 Å². The monoisotopic (exact) mass is 342 g/mol. The second kappa shape index (κ2) is 7.18. The SMILES string of the molecule is NC(=O)C(NC1CCCCCC1)c1ccc(F)c(Br)c1. The summed E-state index contributed by atoms with van der Waals surface area (Å²) in [6.45, 7) is 0. The minimum atomic E-state index is -0.560. The predicted molar refractivity (Wildman–Crippen MR) is 80.7 cm³/mol. The number of carbonyl (C=O) groups is 1. The topological polar surface area (TPSA) is 55.1 Å². The third-order valence-electron chi connectivity index (χ3n) is 3.82. The lowest BCUT2D eigenvalue weighted by molar-refractivity contribution is -0.120. The first-order valence-corrected chi connectivity index (χ1v) is 7.87. The van der Waals surface area contributed by atoms with E-state index in [0.717, 1.165) is 12.8 Å². The van der Waals surface area contributed by atoms with Gasteiger partial charge in [0.25, 0.3) is 0 Å². The molecule has 2 rings (SSSR count). The fourth-order valence-electron chi connectivity index (χ4n) is 2.72. The number of halogens is 2. The summed E-state index contributed by atoms with van der Waals surface area (Å²) < 4.78 is 13.6. The highest BCUT2D eigenvalue weighted by atomic mass is 79.9. The molecule has 3 nitrogen and oxygen atoms in total. The second-order valence-electron chi connectivity index (χ2n) is 5.36. The van der Waals surface area contributed by atoms with Gasteiger partial charge in [-0.3, -0.25) is 10.1 Å². The lowest BCUT2D eigenvalue weighted by Gasteiger charge is -2.23. The Labute approximate surface area is 127 Å². The summed E-state index contributed by atoms with van der Waals surface area (Å²) in [5.74, 6) is -0.765. The molecule has 1 saturated carbocycles. The number of carbonyl (C=O) groups excluding carboxylic acids is 1. The van der Waals surface area contributed by atoms with Crippen molar-refractivity contribution in [2.45, 2.75) is 50.6 Å². The van der Waals surface area contributed by atoms with Crippen molar-refractivity contribution < 1.29 is 9.18 Å². The van der Waals surface area contributed by atoms with Gasteiger partial charge in [-0.15, -0.1) is 0 Å². The summed E-state index contributed by atoms with van der Waals surface area (Å²) in [5.41, 5.74) is 6.21. The maximum atomic E-state index is 13.3.